The van der Waals surface area contributed by atoms with Gasteiger partial charge in [-0.05, 0) is 61.1 Å². The van der Waals surface area contributed by atoms with Gasteiger partial charge in [-0.15, -0.1) is 0 Å². The molecule has 1 atom stereocenters. The number of fused-ring (bicyclic) bond motifs is 1. The van der Waals surface area contributed by atoms with Gasteiger partial charge in [-0.1, -0.05) is 29.8 Å². The van der Waals surface area contributed by atoms with Crippen LogP contribution in [0.5, 0.6) is 11.5 Å². The number of carbonyl (C=O) groups excluding carboxylic acids is 1. The standard InChI is InChI=1S/C22H24ClNO3/c23-19-6-7-21-17(13-19)12-18(15-27-21)22(25)24-10-8-16(9-11-24)14-26-20-4-2-1-3-5-20/h1-7,13,16,18H,8-12,14-15H2. The topological polar surface area (TPSA) is 38.8 Å². The van der Waals surface area contributed by atoms with Crippen LogP contribution in [0.1, 0.15) is 18.4 Å². The fraction of sp³-hybridized carbons (Fsp3) is 0.409. The second kappa shape index (κ2) is 8.22. The highest BCUT2D eigenvalue weighted by Gasteiger charge is 2.32. The van der Waals surface area contributed by atoms with E-state index in [9.17, 15) is 4.79 Å². The van der Waals surface area contributed by atoms with Crippen molar-refractivity contribution in [3.8, 4) is 11.5 Å². The number of piperidine rings is 1. The molecular formula is C22H24ClNO3. The van der Waals surface area contributed by atoms with E-state index in [1.165, 1.54) is 0 Å². The number of hydrogen-bond acceptors (Lipinski definition) is 3. The molecule has 2 aromatic carbocycles. The molecule has 2 aromatic rings. The predicted octanol–water partition coefficient (Wildman–Crippen LogP) is 4.21. The average Bonchev–Trinajstić information content (AvgIpc) is 2.72. The predicted molar refractivity (Wildman–Crippen MR) is 105 cm³/mol. The molecule has 5 heteroatoms. The molecule has 0 aliphatic carbocycles. The Morgan fingerprint density at radius 2 is 1.93 bits per heavy atom. The summed E-state index contributed by atoms with van der Waals surface area (Å²) in [5.41, 5.74) is 1.03. The van der Waals surface area contributed by atoms with Gasteiger partial charge in [0.25, 0.3) is 0 Å². The second-order valence-electron chi connectivity index (χ2n) is 7.36. The molecule has 0 bridgehead atoms. The lowest BCUT2D eigenvalue weighted by atomic mass is 9.93. The maximum Gasteiger partial charge on any atom is 0.229 e. The summed E-state index contributed by atoms with van der Waals surface area (Å²) in [6, 6.07) is 15.5. The van der Waals surface area contributed by atoms with E-state index in [2.05, 4.69) is 0 Å². The zero-order chi connectivity index (χ0) is 18.6. The first-order valence-corrected chi connectivity index (χ1v) is 9.94. The fourth-order valence-electron chi connectivity index (χ4n) is 3.83. The summed E-state index contributed by atoms with van der Waals surface area (Å²) in [4.78, 5) is 14.9. The number of para-hydroxylation sites is 1. The second-order valence-corrected chi connectivity index (χ2v) is 7.79. The summed E-state index contributed by atoms with van der Waals surface area (Å²) < 4.78 is 11.7. The van der Waals surface area contributed by atoms with Gasteiger partial charge >= 0.3 is 0 Å². The molecule has 1 fully saturated rings. The summed E-state index contributed by atoms with van der Waals surface area (Å²) in [6.45, 7) is 2.75. The van der Waals surface area contributed by atoms with E-state index in [0.717, 1.165) is 43.0 Å². The molecule has 1 saturated heterocycles. The Morgan fingerprint density at radius 3 is 2.70 bits per heavy atom. The van der Waals surface area contributed by atoms with Crippen molar-refractivity contribution >= 4 is 17.5 Å². The van der Waals surface area contributed by atoms with E-state index in [1.807, 2.05) is 53.4 Å². The van der Waals surface area contributed by atoms with Crippen molar-refractivity contribution in [3.63, 3.8) is 0 Å². The minimum Gasteiger partial charge on any atom is -0.493 e. The molecule has 2 aliphatic heterocycles. The smallest absolute Gasteiger partial charge is 0.229 e. The van der Waals surface area contributed by atoms with Crippen LogP contribution in [0.2, 0.25) is 5.02 Å². The summed E-state index contributed by atoms with van der Waals surface area (Å²) in [6.07, 6.45) is 2.66. The molecule has 1 unspecified atom stereocenters. The van der Waals surface area contributed by atoms with Crippen molar-refractivity contribution in [2.75, 3.05) is 26.3 Å². The molecule has 2 heterocycles. The van der Waals surface area contributed by atoms with Crippen molar-refractivity contribution in [2.45, 2.75) is 19.3 Å². The third kappa shape index (κ3) is 4.38. The van der Waals surface area contributed by atoms with Crippen LogP contribution >= 0.6 is 11.6 Å². The number of ether oxygens (including phenoxy) is 2. The summed E-state index contributed by atoms with van der Waals surface area (Å²) >= 11 is 6.08. The lowest BCUT2D eigenvalue weighted by Crippen LogP contribution is -2.45. The van der Waals surface area contributed by atoms with Crippen LogP contribution in [0.3, 0.4) is 0 Å². The highest BCUT2D eigenvalue weighted by atomic mass is 35.5. The van der Waals surface area contributed by atoms with E-state index in [1.54, 1.807) is 0 Å². The van der Waals surface area contributed by atoms with Crippen LogP contribution < -0.4 is 9.47 Å². The quantitative estimate of drug-likeness (QED) is 0.791. The average molecular weight is 386 g/mol. The summed E-state index contributed by atoms with van der Waals surface area (Å²) in [7, 11) is 0. The van der Waals surface area contributed by atoms with Gasteiger partial charge in [0.15, 0.2) is 0 Å². The van der Waals surface area contributed by atoms with Gasteiger partial charge in [0.1, 0.15) is 18.1 Å². The first-order valence-electron chi connectivity index (χ1n) is 9.57. The third-order valence-corrected chi connectivity index (χ3v) is 5.67. The zero-order valence-corrected chi connectivity index (χ0v) is 16.0. The van der Waals surface area contributed by atoms with Gasteiger partial charge in [-0.25, -0.2) is 0 Å². The van der Waals surface area contributed by atoms with Crippen LogP contribution in [0.15, 0.2) is 48.5 Å². The molecule has 4 nitrogen and oxygen atoms in total. The molecule has 27 heavy (non-hydrogen) atoms. The van der Waals surface area contributed by atoms with Crippen molar-refractivity contribution in [3.05, 3.63) is 59.1 Å². The van der Waals surface area contributed by atoms with E-state index in [-0.39, 0.29) is 11.8 Å². The van der Waals surface area contributed by atoms with E-state index in [0.29, 0.717) is 30.6 Å². The minimum absolute atomic E-state index is 0.118. The van der Waals surface area contributed by atoms with Gasteiger partial charge in [0.05, 0.1) is 12.5 Å². The highest BCUT2D eigenvalue weighted by Crippen LogP contribution is 2.31. The number of rotatable bonds is 4. The normalized spacial score (nSPS) is 19.9. The van der Waals surface area contributed by atoms with Crippen LogP contribution in [0.25, 0.3) is 0 Å². The van der Waals surface area contributed by atoms with Crippen molar-refractivity contribution in [2.24, 2.45) is 11.8 Å². The highest BCUT2D eigenvalue weighted by molar-refractivity contribution is 6.30. The Labute approximate surface area is 165 Å². The largest absolute Gasteiger partial charge is 0.493 e. The Bertz CT molecular complexity index is 787. The zero-order valence-electron chi connectivity index (χ0n) is 15.3. The van der Waals surface area contributed by atoms with E-state index >= 15 is 0 Å². The van der Waals surface area contributed by atoms with Gasteiger partial charge in [0.2, 0.25) is 5.91 Å². The number of likely N-dealkylation sites (tertiary alicyclic amines) is 1. The Kier molecular flexibility index (Phi) is 5.53. The number of carbonyl (C=O) groups is 1. The van der Waals surface area contributed by atoms with Gasteiger partial charge in [0, 0.05) is 18.1 Å². The summed E-state index contributed by atoms with van der Waals surface area (Å²) in [5.74, 6) is 2.33. The van der Waals surface area contributed by atoms with Gasteiger partial charge in [-0.2, -0.15) is 0 Å². The Hall–Kier alpha value is -2.20. The molecule has 0 aromatic heterocycles. The minimum atomic E-state index is -0.118. The number of hydrogen-bond donors (Lipinski definition) is 0. The molecule has 1 amide bonds. The van der Waals surface area contributed by atoms with Crippen molar-refractivity contribution in [1.82, 2.24) is 4.90 Å². The Balaban J connectivity index is 1.27. The molecule has 0 saturated carbocycles. The first-order chi connectivity index (χ1) is 13.2. The lowest BCUT2D eigenvalue weighted by Gasteiger charge is -2.35. The van der Waals surface area contributed by atoms with Gasteiger partial charge in [-0.3, -0.25) is 4.79 Å². The SMILES string of the molecule is O=C(C1COc2ccc(Cl)cc2C1)N1CCC(COc2ccccc2)CC1. The fourth-order valence-corrected chi connectivity index (χ4v) is 4.03. The Morgan fingerprint density at radius 1 is 1.15 bits per heavy atom. The number of halogens is 1. The van der Waals surface area contributed by atoms with Crippen LogP contribution in [0.4, 0.5) is 0 Å². The first kappa shape index (κ1) is 18.2. The van der Waals surface area contributed by atoms with Crippen LogP contribution in [0, 0.1) is 11.8 Å². The maximum atomic E-state index is 12.9. The van der Waals surface area contributed by atoms with E-state index in [4.69, 9.17) is 21.1 Å². The lowest BCUT2D eigenvalue weighted by molar-refractivity contribution is -0.138. The molecule has 2 aliphatic rings. The molecule has 142 valence electrons. The summed E-state index contributed by atoms with van der Waals surface area (Å²) in [5, 5.41) is 0.685. The number of nitrogens with zero attached hydrogens (tertiary/aromatic N) is 1. The number of benzene rings is 2. The number of amides is 1. The van der Waals surface area contributed by atoms with Crippen LogP contribution in [-0.4, -0.2) is 37.1 Å². The molecule has 0 radical (unpaired) electrons. The van der Waals surface area contributed by atoms with Gasteiger partial charge < -0.3 is 14.4 Å². The van der Waals surface area contributed by atoms with Crippen molar-refractivity contribution < 1.29 is 14.3 Å². The van der Waals surface area contributed by atoms with Crippen molar-refractivity contribution in [1.29, 1.82) is 0 Å². The molecule has 0 N–H and O–H groups in total. The molecule has 0 spiro atoms. The monoisotopic (exact) mass is 385 g/mol. The molecule has 4 rings (SSSR count). The van der Waals surface area contributed by atoms with E-state index < -0.39 is 0 Å². The van der Waals surface area contributed by atoms with Crippen LogP contribution in [-0.2, 0) is 11.2 Å². The third-order valence-electron chi connectivity index (χ3n) is 5.43. The molecular weight excluding hydrogens is 362 g/mol. The maximum absolute atomic E-state index is 12.9.